The molecule has 6 nitrogen and oxygen atoms in total. The molecule has 4 rings (SSSR count). The van der Waals surface area contributed by atoms with E-state index in [0.717, 1.165) is 42.1 Å². The lowest BCUT2D eigenvalue weighted by molar-refractivity contribution is -0.119. The third-order valence-corrected chi connectivity index (χ3v) is 4.53. The molecule has 0 saturated carbocycles. The maximum atomic E-state index is 11.6. The quantitative estimate of drug-likeness (QED) is 0.687. The minimum Gasteiger partial charge on any atom is -0.311 e. The number of carbonyl (C=O) groups excluding carboxylic acids is 1. The molecular weight excluding hydrogens is 352 g/mol. The zero-order chi connectivity index (χ0) is 19.9. The highest BCUT2D eigenvalue weighted by Gasteiger charge is 2.19. The Hall–Kier alpha value is -3.28. The van der Waals surface area contributed by atoms with E-state index in [4.69, 9.17) is 0 Å². The molecule has 1 aliphatic heterocycles. The number of anilines is 1. The summed E-state index contributed by atoms with van der Waals surface area (Å²) < 4.78 is 1.56. The number of aromatic nitrogens is 3. The van der Waals surface area contributed by atoms with E-state index in [1.807, 2.05) is 49.1 Å². The van der Waals surface area contributed by atoms with Gasteiger partial charge in [0, 0.05) is 36.6 Å². The zero-order valence-electron chi connectivity index (χ0n) is 16.2. The summed E-state index contributed by atoms with van der Waals surface area (Å²) in [5.41, 5.74) is 3.61. The fourth-order valence-electron chi connectivity index (χ4n) is 2.94. The molecule has 0 aromatic carbocycles. The van der Waals surface area contributed by atoms with E-state index in [1.54, 1.807) is 29.2 Å². The third-order valence-electron chi connectivity index (χ3n) is 4.53. The predicted molar refractivity (Wildman–Crippen MR) is 110 cm³/mol. The highest BCUT2D eigenvalue weighted by atomic mass is 16.2. The van der Waals surface area contributed by atoms with Crippen molar-refractivity contribution >= 4 is 11.6 Å². The van der Waals surface area contributed by atoms with Crippen LogP contribution in [0.25, 0.3) is 5.69 Å². The van der Waals surface area contributed by atoms with Crippen LogP contribution in [-0.4, -0.2) is 27.0 Å². The van der Waals surface area contributed by atoms with Gasteiger partial charge in [-0.25, -0.2) is 0 Å². The van der Waals surface area contributed by atoms with Crippen molar-refractivity contribution in [2.75, 3.05) is 11.4 Å². The fraction of sp³-hybridized carbons (Fsp3) is 0.273. The SMILES string of the molecule is Cc1ccc(-n2ccccc2=O)cn1.Cc1ccc(N2CCCCC2=O)cn1. The van der Waals surface area contributed by atoms with Crippen molar-refractivity contribution in [3.63, 3.8) is 0 Å². The number of aryl methyl sites for hydroxylation is 2. The van der Waals surface area contributed by atoms with Crippen LogP contribution >= 0.6 is 0 Å². The van der Waals surface area contributed by atoms with Crippen molar-refractivity contribution in [1.29, 1.82) is 0 Å². The van der Waals surface area contributed by atoms with Gasteiger partial charge < -0.3 is 4.90 Å². The van der Waals surface area contributed by atoms with Crippen LogP contribution in [-0.2, 0) is 4.79 Å². The van der Waals surface area contributed by atoms with Gasteiger partial charge in [-0.05, 0) is 57.0 Å². The van der Waals surface area contributed by atoms with Crippen LogP contribution in [0, 0.1) is 13.8 Å². The van der Waals surface area contributed by atoms with Crippen LogP contribution in [0.1, 0.15) is 30.7 Å². The average molecular weight is 376 g/mol. The number of hydrogen-bond donors (Lipinski definition) is 0. The molecule has 0 aliphatic carbocycles. The van der Waals surface area contributed by atoms with Crippen LogP contribution in [0.4, 0.5) is 5.69 Å². The fourth-order valence-corrected chi connectivity index (χ4v) is 2.94. The topological polar surface area (TPSA) is 68.1 Å². The van der Waals surface area contributed by atoms with Crippen LogP contribution in [0.5, 0.6) is 0 Å². The van der Waals surface area contributed by atoms with Crippen molar-refractivity contribution in [2.24, 2.45) is 0 Å². The highest BCUT2D eigenvalue weighted by Crippen LogP contribution is 2.19. The van der Waals surface area contributed by atoms with Crippen LogP contribution in [0.15, 0.2) is 65.8 Å². The minimum absolute atomic E-state index is 0.0434. The number of rotatable bonds is 2. The Morgan fingerprint density at radius 2 is 1.50 bits per heavy atom. The Kier molecular flexibility index (Phi) is 6.32. The predicted octanol–water partition coefficient (Wildman–Crippen LogP) is 3.45. The largest absolute Gasteiger partial charge is 0.311 e. The first-order valence-electron chi connectivity index (χ1n) is 9.38. The van der Waals surface area contributed by atoms with E-state index in [2.05, 4.69) is 9.97 Å². The van der Waals surface area contributed by atoms with Gasteiger partial charge in [-0.3, -0.25) is 24.1 Å². The van der Waals surface area contributed by atoms with Gasteiger partial charge in [0.15, 0.2) is 0 Å². The summed E-state index contributed by atoms with van der Waals surface area (Å²) in [6, 6.07) is 12.7. The molecule has 0 bridgehead atoms. The summed E-state index contributed by atoms with van der Waals surface area (Å²) in [4.78, 5) is 33.2. The zero-order valence-corrected chi connectivity index (χ0v) is 16.2. The molecule has 1 fully saturated rings. The molecule has 1 amide bonds. The van der Waals surface area contributed by atoms with Gasteiger partial charge in [-0.2, -0.15) is 0 Å². The maximum Gasteiger partial charge on any atom is 0.255 e. The second-order valence-electron chi connectivity index (χ2n) is 6.73. The van der Waals surface area contributed by atoms with Gasteiger partial charge in [0.1, 0.15) is 0 Å². The molecule has 28 heavy (non-hydrogen) atoms. The molecular formula is C22H24N4O2. The van der Waals surface area contributed by atoms with Crippen molar-refractivity contribution in [2.45, 2.75) is 33.1 Å². The lowest BCUT2D eigenvalue weighted by atomic mass is 10.1. The molecule has 0 spiro atoms. The Labute approximate surface area is 164 Å². The van der Waals surface area contributed by atoms with E-state index in [0.29, 0.717) is 6.42 Å². The van der Waals surface area contributed by atoms with Gasteiger partial charge in [-0.1, -0.05) is 6.07 Å². The summed E-state index contributed by atoms with van der Waals surface area (Å²) in [5, 5.41) is 0. The second-order valence-corrected chi connectivity index (χ2v) is 6.73. The highest BCUT2D eigenvalue weighted by molar-refractivity contribution is 5.93. The number of hydrogen-bond acceptors (Lipinski definition) is 4. The number of amides is 1. The van der Waals surface area contributed by atoms with Crippen molar-refractivity contribution in [3.8, 4) is 5.69 Å². The molecule has 6 heteroatoms. The summed E-state index contributed by atoms with van der Waals surface area (Å²) in [6.45, 7) is 4.70. The van der Waals surface area contributed by atoms with Crippen molar-refractivity contribution in [3.05, 3.63) is 82.8 Å². The van der Waals surface area contributed by atoms with E-state index < -0.39 is 0 Å². The Morgan fingerprint density at radius 1 is 0.821 bits per heavy atom. The summed E-state index contributed by atoms with van der Waals surface area (Å²) in [7, 11) is 0. The molecule has 0 atom stereocenters. The van der Waals surface area contributed by atoms with Gasteiger partial charge in [0.2, 0.25) is 5.91 Å². The van der Waals surface area contributed by atoms with Crippen molar-refractivity contribution in [1.82, 2.24) is 14.5 Å². The minimum atomic E-state index is -0.0434. The summed E-state index contributed by atoms with van der Waals surface area (Å²) in [5.74, 6) is 0.224. The molecule has 3 aromatic heterocycles. The molecule has 4 heterocycles. The Morgan fingerprint density at radius 3 is 2.07 bits per heavy atom. The van der Waals surface area contributed by atoms with Crippen LogP contribution in [0.3, 0.4) is 0 Å². The molecule has 0 radical (unpaired) electrons. The Bertz CT molecular complexity index is 978. The average Bonchev–Trinajstić information content (AvgIpc) is 2.71. The van der Waals surface area contributed by atoms with Gasteiger partial charge in [-0.15, -0.1) is 0 Å². The first-order valence-corrected chi connectivity index (χ1v) is 9.38. The summed E-state index contributed by atoms with van der Waals surface area (Å²) in [6.07, 6.45) is 7.99. The third kappa shape index (κ3) is 4.91. The number of piperidine rings is 1. The monoisotopic (exact) mass is 376 g/mol. The molecule has 1 saturated heterocycles. The second kappa shape index (κ2) is 9.08. The first-order chi connectivity index (χ1) is 13.5. The molecule has 0 unspecified atom stereocenters. The number of carbonyl (C=O) groups is 1. The normalized spacial score (nSPS) is 13.6. The van der Waals surface area contributed by atoms with E-state index in [1.165, 1.54) is 6.07 Å². The van der Waals surface area contributed by atoms with Crippen molar-refractivity contribution < 1.29 is 4.79 Å². The van der Waals surface area contributed by atoms with E-state index in [-0.39, 0.29) is 11.5 Å². The van der Waals surface area contributed by atoms with Gasteiger partial charge in [0.25, 0.3) is 5.56 Å². The molecule has 1 aliphatic rings. The Balaban J connectivity index is 0.000000161. The van der Waals surface area contributed by atoms with Gasteiger partial charge >= 0.3 is 0 Å². The van der Waals surface area contributed by atoms with Crippen LogP contribution < -0.4 is 10.5 Å². The summed E-state index contributed by atoms with van der Waals surface area (Å²) >= 11 is 0. The molecule has 144 valence electrons. The standard InChI is InChI=1S/C11H14N2O.C11H10N2O/c2*1-9-5-6-10(8-12-9)13-7-3-2-4-11(13)14/h5-6,8H,2-4,7H2,1H3;2-8H,1H3. The molecule has 3 aromatic rings. The lowest BCUT2D eigenvalue weighted by Crippen LogP contribution is -2.35. The first kappa shape index (κ1) is 19.5. The smallest absolute Gasteiger partial charge is 0.255 e. The number of pyridine rings is 3. The molecule has 0 N–H and O–H groups in total. The van der Waals surface area contributed by atoms with E-state index in [9.17, 15) is 9.59 Å². The van der Waals surface area contributed by atoms with E-state index >= 15 is 0 Å². The van der Waals surface area contributed by atoms with Gasteiger partial charge in [0.05, 0.1) is 23.8 Å². The maximum absolute atomic E-state index is 11.6. The van der Waals surface area contributed by atoms with Crippen LogP contribution in [0.2, 0.25) is 0 Å². The lowest BCUT2D eigenvalue weighted by Gasteiger charge is -2.26. The number of nitrogens with zero attached hydrogens (tertiary/aromatic N) is 4.